The number of aromatic amines is 1. The maximum atomic E-state index is 15.0. The van der Waals surface area contributed by atoms with Crippen molar-refractivity contribution in [3.05, 3.63) is 100 Å². The Balaban J connectivity index is 1.44. The van der Waals surface area contributed by atoms with Gasteiger partial charge < -0.3 is 20.1 Å². The largest absolute Gasteiger partial charge is 0.453 e. The molecule has 0 aliphatic heterocycles. The highest BCUT2D eigenvalue weighted by atomic mass is 19.1. The Kier molecular flexibility index (Phi) is 6.33. The van der Waals surface area contributed by atoms with E-state index in [4.69, 9.17) is 4.74 Å². The molecule has 5 rings (SSSR count). The first-order chi connectivity index (χ1) is 18.1. The number of benzene rings is 2. The number of aliphatic hydroxyl groups is 1. The number of nitrogens with zero attached hydrogens (tertiary/aromatic N) is 3. The zero-order valence-electron chi connectivity index (χ0n) is 21.0. The smallest absolute Gasteiger partial charge is 0.284 e. The van der Waals surface area contributed by atoms with Crippen molar-refractivity contribution in [3.8, 4) is 17.2 Å². The van der Waals surface area contributed by atoms with Gasteiger partial charge in [-0.05, 0) is 57.2 Å². The molecule has 3 heterocycles. The van der Waals surface area contributed by atoms with Gasteiger partial charge in [0.15, 0.2) is 11.6 Å². The Morgan fingerprint density at radius 2 is 1.89 bits per heavy atom. The summed E-state index contributed by atoms with van der Waals surface area (Å²) in [5.41, 5.74) is -0.132. The Bertz CT molecular complexity index is 1700. The zero-order chi connectivity index (χ0) is 27.0. The molecule has 0 atom stereocenters. The normalized spacial score (nSPS) is 11.6. The van der Waals surface area contributed by atoms with Crippen molar-refractivity contribution in [2.24, 2.45) is 0 Å². The molecule has 9 nitrogen and oxygen atoms in total. The van der Waals surface area contributed by atoms with E-state index in [1.54, 1.807) is 74.2 Å². The SMILES string of the molecule is Cc1c(C(=O)Nc2ccc(Oc3ccnc4[nH]ccc34)c(F)c2)c(=O)n(-c2ccccc2)n1CC(C)(C)O. The van der Waals surface area contributed by atoms with E-state index in [-0.39, 0.29) is 23.5 Å². The van der Waals surface area contributed by atoms with Gasteiger partial charge in [-0.25, -0.2) is 14.1 Å². The van der Waals surface area contributed by atoms with Crippen LogP contribution < -0.4 is 15.6 Å². The number of carbonyl (C=O) groups excluding carboxylic acids is 1. The Morgan fingerprint density at radius 1 is 1.13 bits per heavy atom. The third kappa shape index (κ3) is 4.81. The Hall–Kier alpha value is -4.70. The van der Waals surface area contributed by atoms with Crippen LogP contribution in [-0.4, -0.2) is 35.9 Å². The van der Waals surface area contributed by atoms with E-state index in [1.165, 1.54) is 16.8 Å². The molecule has 2 aromatic carbocycles. The van der Waals surface area contributed by atoms with Crippen LogP contribution in [0.15, 0.2) is 77.9 Å². The van der Waals surface area contributed by atoms with Crippen molar-refractivity contribution in [2.75, 3.05) is 5.32 Å². The number of fused-ring (bicyclic) bond motifs is 1. The number of amides is 1. The van der Waals surface area contributed by atoms with Gasteiger partial charge in [-0.2, -0.15) is 0 Å². The van der Waals surface area contributed by atoms with E-state index in [2.05, 4.69) is 15.3 Å². The lowest BCUT2D eigenvalue weighted by Crippen LogP contribution is -2.32. The molecular formula is C28H26FN5O4. The fourth-order valence-electron chi connectivity index (χ4n) is 4.29. The fraction of sp³-hybridized carbons (Fsp3) is 0.179. The van der Waals surface area contributed by atoms with Crippen LogP contribution >= 0.6 is 0 Å². The van der Waals surface area contributed by atoms with Crippen molar-refractivity contribution in [1.29, 1.82) is 0 Å². The number of halogens is 1. The van der Waals surface area contributed by atoms with Crippen LogP contribution in [0.1, 0.15) is 29.9 Å². The molecule has 0 unspecified atom stereocenters. The summed E-state index contributed by atoms with van der Waals surface area (Å²) in [6, 6.07) is 16.3. The lowest BCUT2D eigenvalue weighted by molar-refractivity contribution is 0.0546. The van der Waals surface area contributed by atoms with Crippen LogP contribution in [0.2, 0.25) is 0 Å². The van der Waals surface area contributed by atoms with Gasteiger partial charge in [0, 0.05) is 24.1 Å². The highest BCUT2D eigenvalue weighted by Gasteiger charge is 2.27. The van der Waals surface area contributed by atoms with Crippen LogP contribution in [0.25, 0.3) is 16.7 Å². The average Bonchev–Trinajstić information content (AvgIpc) is 3.43. The molecule has 0 radical (unpaired) electrons. The van der Waals surface area contributed by atoms with Crippen molar-refractivity contribution in [3.63, 3.8) is 0 Å². The second-order valence-corrected chi connectivity index (χ2v) is 9.53. The van der Waals surface area contributed by atoms with Crippen LogP contribution in [0.4, 0.5) is 10.1 Å². The summed E-state index contributed by atoms with van der Waals surface area (Å²) in [6.07, 6.45) is 3.26. The Morgan fingerprint density at radius 3 is 2.61 bits per heavy atom. The number of anilines is 1. The summed E-state index contributed by atoms with van der Waals surface area (Å²) >= 11 is 0. The lowest BCUT2D eigenvalue weighted by Gasteiger charge is -2.22. The number of carbonyl (C=O) groups is 1. The zero-order valence-corrected chi connectivity index (χ0v) is 21.0. The number of ether oxygens (including phenoxy) is 1. The predicted octanol–water partition coefficient (Wildman–Crippen LogP) is 4.78. The summed E-state index contributed by atoms with van der Waals surface area (Å²) in [7, 11) is 0. The number of pyridine rings is 1. The second-order valence-electron chi connectivity index (χ2n) is 9.53. The van der Waals surface area contributed by atoms with Gasteiger partial charge in [-0.3, -0.25) is 14.3 Å². The summed E-state index contributed by atoms with van der Waals surface area (Å²) in [5.74, 6) is -0.989. The summed E-state index contributed by atoms with van der Waals surface area (Å²) < 4.78 is 23.6. The molecule has 3 N–H and O–H groups in total. The van der Waals surface area contributed by atoms with Crippen molar-refractivity contribution in [1.82, 2.24) is 19.3 Å². The topological polar surface area (TPSA) is 114 Å². The van der Waals surface area contributed by atoms with Crippen LogP contribution in [0, 0.1) is 12.7 Å². The number of rotatable bonds is 7. The van der Waals surface area contributed by atoms with Gasteiger partial charge in [-0.15, -0.1) is 0 Å². The highest BCUT2D eigenvalue weighted by Crippen LogP contribution is 2.31. The molecule has 38 heavy (non-hydrogen) atoms. The van der Waals surface area contributed by atoms with Gasteiger partial charge in [0.1, 0.15) is 17.0 Å². The molecule has 0 aliphatic rings. The molecule has 0 saturated carbocycles. The van der Waals surface area contributed by atoms with E-state index < -0.39 is 22.9 Å². The number of nitrogens with one attached hydrogen (secondary N) is 2. The van der Waals surface area contributed by atoms with E-state index in [1.807, 2.05) is 6.07 Å². The van der Waals surface area contributed by atoms with Gasteiger partial charge in [0.05, 0.1) is 28.9 Å². The van der Waals surface area contributed by atoms with Crippen LogP contribution in [-0.2, 0) is 6.54 Å². The maximum absolute atomic E-state index is 15.0. The standard InChI is InChI=1S/C28H26FN5O4/c1-17-24(27(36)34(19-7-5-4-6-8-19)33(17)16-28(2,3)37)26(35)32-18-9-10-23(21(29)15-18)38-22-12-14-31-25-20(22)11-13-30-25/h4-15,37H,16H2,1-3H3,(H,30,31)(H,32,35). The first-order valence-corrected chi connectivity index (χ1v) is 11.9. The first kappa shape index (κ1) is 25.0. The van der Waals surface area contributed by atoms with Gasteiger partial charge in [-0.1, -0.05) is 18.2 Å². The monoisotopic (exact) mass is 515 g/mol. The van der Waals surface area contributed by atoms with Crippen LogP contribution in [0.3, 0.4) is 0 Å². The second kappa shape index (κ2) is 9.64. The Labute approximate surface area is 217 Å². The molecule has 5 aromatic rings. The minimum Gasteiger partial charge on any atom is -0.453 e. The predicted molar refractivity (Wildman–Crippen MR) is 142 cm³/mol. The average molecular weight is 516 g/mol. The summed E-state index contributed by atoms with van der Waals surface area (Å²) in [5, 5.41) is 13.8. The van der Waals surface area contributed by atoms with Crippen molar-refractivity contribution >= 4 is 22.6 Å². The minimum absolute atomic E-state index is 0.0318. The van der Waals surface area contributed by atoms with E-state index in [9.17, 15) is 19.1 Å². The molecule has 3 aromatic heterocycles. The number of para-hydroxylation sites is 1. The molecular weight excluding hydrogens is 489 g/mol. The first-order valence-electron chi connectivity index (χ1n) is 11.9. The van der Waals surface area contributed by atoms with Crippen molar-refractivity contribution < 1.29 is 19.0 Å². The molecule has 194 valence electrons. The molecule has 0 spiro atoms. The molecule has 0 saturated heterocycles. The van der Waals surface area contributed by atoms with Crippen molar-refractivity contribution in [2.45, 2.75) is 32.9 Å². The number of H-pyrrole nitrogens is 1. The van der Waals surface area contributed by atoms with Gasteiger partial charge in [0.2, 0.25) is 0 Å². The van der Waals surface area contributed by atoms with Gasteiger partial charge >= 0.3 is 0 Å². The third-order valence-corrected chi connectivity index (χ3v) is 5.99. The maximum Gasteiger partial charge on any atom is 0.284 e. The van der Waals surface area contributed by atoms with Gasteiger partial charge in [0.25, 0.3) is 11.5 Å². The highest BCUT2D eigenvalue weighted by molar-refractivity contribution is 6.05. The van der Waals surface area contributed by atoms with E-state index >= 15 is 0 Å². The summed E-state index contributed by atoms with van der Waals surface area (Å²) in [6.45, 7) is 4.94. The number of hydrogen-bond acceptors (Lipinski definition) is 5. The third-order valence-electron chi connectivity index (χ3n) is 5.99. The molecule has 0 bridgehead atoms. The fourth-order valence-corrected chi connectivity index (χ4v) is 4.29. The van der Waals surface area contributed by atoms with Crippen LogP contribution in [0.5, 0.6) is 11.5 Å². The molecule has 0 fully saturated rings. The quantitative estimate of drug-likeness (QED) is 0.289. The number of hydrogen-bond donors (Lipinski definition) is 3. The summed E-state index contributed by atoms with van der Waals surface area (Å²) in [4.78, 5) is 33.8. The van der Waals surface area contributed by atoms with E-state index in [0.717, 1.165) is 6.07 Å². The molecule has 10 heteroatoms. The number of aromatic nitrogens is 4. The lowest BCUT2D eigenvalue weighted by atomic mass is 10.1. The minimum atomic E-state index is -1.15. The molecule has 0 aliphatic carbocycles. The van der Waals surface area contributed by atoms with E-state index in [0.29, 0.717) is 28.2 Å². The molecule has 1 amide bonds.